The van der Waals surface area contributed by atoms with Crippen LogP contribution in [0.2, 0.25) is 0 Å². The van der Waals surface area contributed by atoms with E-state index in [2.05, 4.69) is 27.2 Å². The van der Waals surface area contributed by atoms with E-state index in [4.69, 9.17) is 4.74 Å². The molecule has 0 radical (unpaired) electrons. The molecule has 0 atom stereocenters. The monoisotopic (exact) mass is 367 g/mol. The number of rotatable bonds is 7. The van der Waals surface area contributed by atoms with Crippen molar-refractivity contribution in [1.82, 2.24) is 9.80 Å². The number of nitrogens with zero attached hydrogens (tertiary/aromatic N) is 2. The van der Waals surface area contributed by atoms with Crippen LogP contribution >= 0.6 is 0 Å². The third-order valence-electron chi connectivity index (χ3n) is 4.89. The molecule has 3 rings (SSSR count). The van der Waals surface area contributed by atoms with Gasteiger partial charge in [-0.2, -0.15) is 0 Å². The molecule has 5 nitrogen and oxygen atoms in total. The van der Waals surface area contributed by atoms with Crippen LogP contribution in [-0.2, 0) is 11.3 Å². The molecule has 0 aliphatic carbocycles. The van der Waals surface area contributed by atoms with E-state index in [9.17, 15) is 4.79 Å². The van der Waals surface area contributed by atoms with Crippen molar-refractivity contribution in [2.45, 2.75) is 20.4 Å². The number of anilines is 1. The van der Waals surface area contributed by atoms with Crippen LogP contribution in [-0.4, -0.2) is 55.0 Å². The molecule has 27 heavy (non-hydrogen) atoms. The lowest BCUT2D eigenvalue weighted by Crippen LogP contribution is -2.48. The maximum absolute atomic E-state index is 12.3. The number of hydrogen-bond acceptors (Lipinski definition) is 4. The first kappa shape index (κ1) is 19.4. The number of piperazine rings is 1. The summed E-state index contributed by atoms with van der Waals surface area (Å²) in [6, 6.07) is 16.2. The van der Waals surface area contributed by atoms with Crippen LogP contribution in [0.4, 0.5) is 5.69 Å². The van der Waals surface area contributed by atoms with Crippen LogP contribution in [0, 0.1) is 6.92 Å². The standard InChI is InChI=1S/C22H29N3O2/c1-3-27-20-10-8-19(9-11-20)16-24-12-14-25(15-13-24)17-22(26)23-21-7-5-4-6-18(21)2/h4-11H,3,12-17H2,1-2H3,(H,23,26). The summed E-state index contributed by atoms with van der Waals surface area (Å²) in [5.74, 6) is 0.981. The van der Waals surface area contributed by atoms with Gasteiger partial charge in [0.05, 0.1) is 13.2 Å². The third-order valence-corrected chi connectivity index (χ3v) is 4.89. The van der Waals surface area contributed by atoms with Crippen molar-refractivity contribution in [3.63, 3.8) is 0 Å². The van der Waals surface area contributed by atoms with Gasteiger partial charge in [0.15, 0.2) is 0 Å². The first-order chi connectivity index (χ1) is 13.1. The van der Waals surface area contributed by atoms with Gasteiger partial charge in [-0.25, -0.2) is 0 Å². The van der Waals surface area contributed by atoms with E-state index in [0.29, 0.717) is 13.2 Å². The molecule has 1 fully saturated rings. The van der Waals surface area contributed by atoms with E-state index < -0.39 is 0 Å². The van der Waals surface area contributed by atoms with Gasteiger partial charge in [0, 0.05) is 38.4 Å². The normalized spacial score (nSPS) is 15.5. The molecular formula is C22H29N3O2. The number of nitrogens with one attached hydrogen (secondary N) is 1. The first-order valence-electron chi connectivity index (χ1n) is 9.66. The highest BCUT2D eigenvalue weighted by molar-refractivity contribution is 5.92. The maximum atomic E-state index is 12.3. The van der Waals surface area contributed by atoms with E-state index in [1.807, 2.05) is 50.2 Å². The lowest BCUT2D eigenvalue weighted by Gasteiger charge is -2.34. The first-order valence-corrected chi connectivity index (χ1v) is 9.66. The molecule has 1 saturated heterocycles. The maximum Gasteiger partial charge on any atom is 0.238 e. The molecule has 0 bridgehead atoms. The number of carbonyl (C=O) groups is 1. The Kier molecular flexibility index (Phi) is 6.85. The molecule has 0 saturated carbocycles. The Balaban J connectivity index is 1.42. The number of para-hydroxylation sites is 1. The predicted molar refractivity (Wildman–Crippen MR) is 109 cm³/mol. The zero-order valence-corrected chi connectivity index (χ0v) is 16.3. The minimum absolute atomic E-state index is 0.0595. The topological polar surface area (TPSA) is 44.8 Å². The van der Waals surface area contributed by atoms with E-state index in [-0.39, 0.29) is 5.91 Å². The van der Waals surface area contributed by atoms with Crippen LogP contribution in [0.25, 0.3) is 0 Å². The molecule has 5 heteroatoms. The number of aryl methyl sites for hydroxylation is 1. The molecule has 2 aromatic rings. The van der Waals surface area contributed by atoms with E-state index in [1.165, 1.54) is 5.56 Å². The second kappa shape index (κ2) is 9.53. The van der Waals surface area contributed by atoms with Crippen LogP contribution in [0.1, 0.15) is 18.1 Å². The largest absolute Gasteiger partial charge is 0.494 e. The van der Waals surface area contributed by atoms with E-state index >= 15 is 0 Å². The summed E-state index contributed by atoms with van der Waals surface area (Å²) < 4.78 is 5.49. The van der Waals surface area contributed by atoms with Crippen LogP contribution in [0.3, 0.4) is 0 Å². The summed E-state index contributed by atoms with van der Waals surface area (Å²) in [5.41, 5.74) is 3.28. The van der Waals surface area contributed by atoms with Gasteiger partial charge >= 0.3 is 0 Å². The molecule has 1 heterocycles. The van der Waals surface area contributed by atoms with Gasteiger partial charge in [-0.05, 0) is 43.2 Å². The summed E-state index contributed by atoms with van der Waals surface area (Å²) in [7, 11) is 0. The summed E-state index contributed by atoms with van der Waals surface area (Å²) >= 11 is 0. The van der Waals surface area contributed by atoms with Crippen LogP contribution in [0.5, 0.6) is 5.75 Å². The zero-order chi connectivity index (χ0) is 19.1. The molecule has 144 valence electrons. The van der Waals surface area contributed by atoms with E-state index in [1.54, 1.807) is 0 Å². The van der Waals surface area contributed by atoms with Gasteiger partial charge < -0.3 is 10.1 Å². The Bertz CT molecular complexity index is 737. The van der Waals surface area contributed by atoms with Crippen LogP contribution < -0.4 is 10.1 Å². The second-order valence-corrected chi connectivity index (χ2v) is 6.99. The molecule has 1 N–H and O–H groups in total. The van der Waals surface area contributed by atoms with Crippen LogP contribution in [0.15, 0.2) is 48.5 Å². The molecule has 1 aliphatic rings. The Morgan fingerprint density at radius 1 is 1.00 bits per heavy atom. The smallest absolute Gasteiger partial charge is 0.238 e. The van der Waals surface area contributed by atoms with Gasteiger partial charge in [0.2, 0.25) is 5.91 Å². The second-order valence-electron chi connectivity index (χ2n) is 6.99. The molecule has 2 aromatic carbocycles. The highest BCUT2D eigenvalue weighted by Crippen LogP contribution is 2.15. The predicted octanol–water partition coefficient (Wildman–Crippen LogP) is 3.15. The van der Waals surface area contributed by atoms with Gasteiger partial charge in [-0.3, -0.25) is 14.6 Å². The van der Waals surface area contributed by atoms with Crippen molar-refractivity contribution in [2.75, 3.05) is 44.6 Å². The van der Waals surface area contributed by atoms with Gasteiger partial charge in [0.1, 0.15) is 5.75 Å². The Morgan fingerprint density at radius 2 is 1.67 bits per heavy atom. The average Bonchev–Trinajstić information content (AvgIpc) is 2.67. The van der Waals surface area contributed by atoms with Gasteiger partial charge in [-0.15, -0.1) is 0 Å². The highest BCUT2D eigenvalue weighted by atomic mass is 16.5. The number of benzene rings is 2. The quantitative estimate of drug-likeness (QED) is 0.817. The fourth-order valence-corrected chi connectivity index (χ4v) is 3.33. The number of ether oxygens (including phenoxy) is 1. The summed E-state index contributed by atoms with van der Waals surface area (Å²) in [6.07, 6.45) is 0. The van der Waals surface area contributed by atoms with Crippen molar-refractivity contribution >= 4 is 11.6 Å². The van der Waals surface area contributed by atoms with E-state index in [0.717, 1.165) is 49.7 Å². The number of hydrogen-bond donors (Lipinski definition) is 1. The van der Waals surface area contributed by atoms with Crippen molar-refractivity contribution < 1.29 is 9.53 Å². The Labute approximate surface area is 161 Å². The highest BCUT2D eigenvalue weighted by Gasteiger charge is 2.19. The molecule has 0 aromatic heterocycles. The van der Waals surface area contributed by atoms with Gasteiger partial charge in [-0.1, -0.05) is 30.3 Å². The number of amides is 1. The molecule has 1 aliphatic heterocycles. The van der Waals surface area contributed by atoms with Crippen molar-refractivity contribution in [3.8, 4) is 5.75 Å². The summed E-state index contributed by atoms with van der Waals surface area (Å²) in [6.45, 7) is 9.87. The van der Waals surface area contributed by atoms with Crippen molar-refractivity contribution in [3.05, 3.63) is 59.7 Å². The SMILES string of the molecule is CCOc1ccc(CN2CCN(CC(=O)Nc3ccccc3C)CC2)cc1. The lowest BCUT2D eigenvalue weighted by molar-refractivity contribution is -0.117. The van der Waals surface area contributed by atoms with Gasteiger partial charge in [0.25, 0.3) is 0 Å². The van der Waals surface area contributed by atoms with Crippen molar-refractivity contribution in [2.24, 2.45) is 0 Å². The molecule has 0 unspecified atom stereocenters. The fraction of sp³-hybridized carbons (Fsp3) is 0.409. The Hall–Kier alpha value is -2.37. The lowest BCUT2D eigenvalue weighted by atomic mass is 10.2. The molecular weight excluding hydrogens is 338 g/mol. The Morgan fingerprint density at radius 3 is 2.33 bits per heavy atom. The van der Waals surface area contributed by atoms with Crippen molar-refractivity contribution in [1.29, 1.82) is 0 Å². The fourth-order valence-electron chi connectivity index (χ4n) is 3.33. The summed E-state index contributed by atoms with van der Waals surface area (Å²) in [4.78, 5) is 17.0. The molecule has 0 spiro atoms. The minimum Gasteiger partial charge on any atom is -0.494 e. The number of carbonyl (C=O) groups excluding carboxylic acids is 1. The molecule has 1 amide bonds. The third kappa shape index (κ3) is 5.81. The minimum atomic E-state index is 0.0595. The zero-order valence-electron chi connectivity index (χ0n) is 16.3. The average molecular weight is 367 g/mol. The summed E-state index contributed by atoms with van der Waals surface area (Å²) in [5, 5.41) is 3.02.